The maximum atomic E-state index is 2.65. The van der Waals surface area contributed by atoms with E-state index < -0.39 is 0 Å². The smallest absolute Gasteiger partial charge is 0.0584 e. The van der Waals surface area contributed by atoms with E-state index in [1.165, 1.54) is 87.1 Å². The van der Waals surface area contributed by atoms with Crippen LogP contribution in [0.15, 0.2) is 109 Å². The van der Waals surface area contributed by atoms with Crippen LogP contribution < -0.4 is 0 Å². The normalized spacial score (nSPS) is 27.1. The van der Waals surface area contributed by atoms with Gasteiger partial charge in [0.25, 0.3) is 0 Å². The van der Waals surface area contributed by atoms with Crippen molar-refractivity contribution < 1.29 is 0 Å². The summed E-state index contributed by atoms with van der Waals surface area (Å²) in [7, 11) is 0. The number of hydrogen-bond acceptors (Lipinski definition) is 0. The molecule has 1 spiro atoms. The average Bonchev–Trinajstić information content (AvgIpc) is 3.54. The van der Waals surface area contributed by atoms with Crippen LogP contribution in [0.1, 0.15) is 43.2 Å². The van der Waals surface area contributed by atoms with Gasteiger partial charge in [-0.05, 0) is 103 Å². The van der Waals surface area contributed by atoms with Gasteiger partial charge in [0.2, 0.25) is 0 Å². The van der Waals surface area contributed by atoms with E-state index in [0.29, 0.717) is 0 Å². The lowest BCUT2D eigenvalue weighted by Crippen LogP contribution is -2.57. The molecule has 2 nitrogen and oxygen atoms in total. The van der Waals surface area contributed by atoms with Gasteiger partial charge in [0.05, 0.1) is 27.8 Å². The molecule has 0 radical (unpaired) electrons. The molecular weight excluding hydrogens is 508 g/mol. The lowest BCUT2D eigenvalue weighted by atomic mass is 9.41. The third-order valence-electron chi connectivity index (χ3n) is 12.1. The van der Waals surface area contributed by atoms with E-state index in [1.807, 2.05) is 0 Å². The number of aromatic nitrogens is 2. The average molecular weight is 541 g/mol. The molecule has 0 saturated heterocycles. The highest BCUT2D eigenvalue weighted by Gasteiger charge is 2.61. The van der Waals surface area contributed by atoms with Gasteiger partial charge >= 0.3 is 0 Å². The maximum Gasteiger partial charge on any atom is 0.0584 e. The first-order valence-corrected chi connectivity index (χ1v) is 16.0. The van der Waals surface area contributed by atoms with Gasteiger partial charge in [-0.2, -0.15) is 0 Å². The van der Waals surface area contributed by atoms with E-state index in [4.69, 9.17) is 0 Å². The summed E-state index contributed by atoms with van der Waals surface area (Å²) in [6.07, 6.45) is 7.04. The van der Waals surface area contributed by atoms with Gasteiger partial charge in [0, 0.05) is 32.6 Å². The van der Waals surface area contributed by atoms with Crippen molar-refractivity contribution in [2.75, 3.05) is 0 Å². The number of benzene rings is 5. The minimum absolute atomic E-state index is 0.0847. The van der Waals surface area contributed by atoms with Crippen LogP contribution in [-0.4, -0.2) is 9.13 Å². The summed E-state index contributed by atoms with van der Waals surface area (Å²) in [6, 6.07) is 41.7. The van der Waals surface area contributed by atoms with E-state index in [0.717, 1.165) is 23.7 Å². The molecule has 4 bridgehead atoms. The molecule has 0 atom stereocenters. The molecular formula is C40H32N2. The first kappa shape index (κ1) is 22.3. The summed E-state index contributed by atoms with van der Waals surface area (Å²) in [5, 5.41) is 5.44. The van der Waals surface area contributed by atoms with Gasteiger partial charge in [-0.3, -0.25) is 0 Å². The van der Waals surface area contributed by atoms with Gasteiger partial charge in [0.15, 0.2) is 0 Å². The Labute approximate surface area is 245 Å². The predicted molar refractivity (Wildman–Crippen MR) is 173 cm³/mol. The molecule has 2 aromatic heterocycles. The Morgan fingerprint density at radius 2 is 1.00 bits per heavy atom. The van der Waals surface area contributed by atoms with Crippen molar-refractivity contribution in [2.24, 2.45) is 23.7 Å². The van der Waals surface area contributed by atoms with Crippen LogP contribution >= 0.6 is 0 Å². The number of nitrogens with zero attached hydrogens (tertiary/aromatic N) is 2. The van der Waals surface area contributed by atoms with Crippen molar-refractivity contribution in [1.29, 1.82) is 0 Å². The first-order valence-electron chi connectivity index (χ1n) is 16.0. The van der Waals surface area contributed by atoms with E-state index >= 15 is 0 Å². The lowest BCUT2D eigenvalue weighted by Gasteiger charge is -2.63. The molecule has 0 amide bonds. The van der Waals surface area contributed by atoms with E-state index in [2.05, 4.69) is 118 Å². The van der Waals surface area contributed by atoms with Crippen LogP contribution in [0.3, 0.4) is 0 Å². The summed E-state index contributed by atoms with van der Waals surface area (Å²) >= 11 is 0. The fourth-order valence-electron chi connectivity index (χ4n) is 10.9. The molecule has 202 valence electrons. The first-order chi connectivity index (χ1) is 20.8. The fraction of sp³-hybridized carbons (Fsp3) is 0.250. The monoisotopic (exact) mass is 540 g/mol. The molecule has 4 aliphatic carbocycles. The van der Waals surface area contributed by atoms with Crippen molar-refractivity contribution in [3.63, 3.8) is 0 Å². The van der Waals surface area contributed by atoms with Crippen molar-refractivity contribution >= 4 is 43.6 Å². The summed E-state index contributed by atoms with van der Waals surface area (Å²) in [4.78, 5) is 0. The van der Waals surface area contributed by atoms with Crippen molar-refractivity contribution in [1.82, 2.24) is 9.13 Å². The number of para-hydroxylation sites is 4. The molecule has 7 aromatic rings. The van der Waals surface area contributed by atoms with Gasteiger partial charge in [-0.25, -0.2) is 0 Å². The van der Waals surface area contributed by atoms with Crippen molar-refractivity contribution in [3.8, 4) is 11.4 Å². The SMILES string of the molecule is c1ccc2c(c1)-n1c3ccccc3c3cc(-n4c5ccccc5c5ccccc54)cc(c31)C21C2CC3CC(C2)CC1C3. The molecule has 5 aromatic carbocycles. The Morgan fingerprint density at radius 3 is 1.64 bits per heavy atom. The topological polar surface area (TPSA) is 9.86 Å². The van der Waals surface area contributed by atoms with Crippen LogP contribution in [0.4, 0.5) is 0 Å². The van der Waals surface area contributed by atoms with Gasteiger partial charge < -0.3 is 9.13 Å². The lowest BCUT2D eigenvalue weighted by molar-refractivity contribution is -0.0418. The molecule has 42 heavy (non-hydrogen) atoms. The summed E-state index contributed by atoms with van der Waals surface area (Å²) in [5.74, 6) is 3.29. The minimum Gasteiger partial charge on any atom is -0.309 e. The van der Waals surface area contributed by atoms with Crippen LogP contribution in [0.5, 0.6) is 0 Å². The van der Waals surface area contributed by atoms with Gasteiger partial charge in [0.1, 0.15) is 0 Å². The highest BCUT2D eigenvalue weighted by molar-refractivity contribution is 6.14. The fourth-order valence-corrected chi connectivity index (χ4v) is 10.9. The largest absolute Gasteiger partial charge is 0.309 e. The zero-order chi connectivity index (χ0) is 27.2. The molecule has 12 rings (SSSR count). The zero-order valence-corrected chi connectivity index (χ0v) is 23.6. The Balaban J connectivity index is 1.35. The van der Waals surface area contributed by atoms with E-state index in [-0.39, 0.29) is 5.41 Å². The number of rotatable bonds is 1. The summed E-state index contributed by atoms with van der Waals surface area (Å²) in [6.45, 7) is 0. The predicted octanol–water partition coefficient (Wildman–Crippen LogP) is 9.94. The van der Waals surface area contributed by atoms with E-state index in [1.54, 1.807) is 11.1 Å². The zero-order valence-electron chi connectivity index (χ0n) is 23.6. The van der Waals surface area contributed by atoms with Crippen LogP contribution in [0, 0.1) is 23.7 Å². The number of fused-ring (bicyclic) bond motifs is 8. The third kappa shape index (κ3) is 2.48. The highest BCUT2D eigenvalue weighted by atomic mass is 15.0. The molecule has 2 heteroatoms. The molecule has 0 N–H and O–H groups in total. The second-order valence-corrected chi connectivity index (χ2v) is 13.8. The summed E-state index contributed by atoms with van der Waals surface area (Å²) < 4.78 is 5.18. The van der Waals surface area contributed by atoms with Crippen molar-refractivity contribution in [2.45, 2.75) is 37.5 Å². The Morgan fingerprint density at radius 1 is 0.476 bits per heavy atom. The Bertz CT molecular complexity index is 2200. The van der Waals surface area contributed by atoms with Gasteiger partial charge in [-0.15, -0.1) is 0 Å². The Kier molecular flexibility index (Phi) is 4.01. The van der Waals surface area contributed by atoms with Crippen LogP contribution in [-0.2, 0) is 5.41 Å². The molecule has 0 unspecified atom stereocenters. The molecule has 3 heterocycles. The molecule has 5 aliphatic rings. The standard InChI is InChI=1S/C40H32N2/c1-5-13-35-29(9-1)30-10-2-6-14-36(30)41(35)28-22-32-31-11-3-7-15-37(31)42-38-16-8-4-12-33(38)40(34(23-28)39(32)42)26-18-24-17-25(20-26)21-27(40)19-24/h1-16,22-27H,17-21H2. The summed E-state index contributed by atoms with van der Waals surface area (Å²) in [5.41, 5.74) is 11.4. The van der Waals surface area contributed by atoms with Gasteiger partial charge in [-0.1, -0.05) is 72.8 Å². The molecule has 4 fully saturated rings. The second kappa shape index (κ2) is 7.55. The Hall–Kier alpha value is -4.30. The maximum absolute atomic E-state index is 2.65. The third-order valence-corrected chi connectivity index (χ3v) is 12.1. The second-order valence-electron chi connectivity index (χ2n) is 13.8. The van der Waals surface area contributed by atoms with Crippen molar-refractivity contribution in [3.05, 3.63) is 120 Å². The highest BCUT2D eigenvalue weighted by Crippen LogP contribution is 2.68. The molecule has 1 aliphatic heterocycles. The van der Waals surface area contributed by atoms with E-state index in [9.17, 15) is 0 Å². The quantitative estimate of drug-likeness (QED) is 0.196. The van der Waals surface area contributed by atoms with Crippen LogP contribution in [0.25, 0.3) is 55.0 Å². The van der Waals surface area contributed by atoms with Crippen LogP contribution in [0.2, 0.25) is 0 Å². The number of hydrogen-bond donors (Lipinski definition) is 0. The molecule has 4 saturated carbocycles. The minimum atomic E-state index is 0.0847.